The van der Waals surface area contributed by atoms with E-state index < -0.39 is 43.0 Å². The number of pyridine rings is 1. The molecule has 1 aromatic carbocycles. The Morgan fingerprint density at radius 1 is 1.15 bits per heavy atom. The van der Waals surface area contributed by atoms with Crippen LogP contribution in [0.2, 0.25) is 0 Å². The van der Waals surface area contributed by atoms with Crippen LogP contribution in [-0.2, 0) is 9.53 Å². The molecule has 0 radical (unpaired) electrons. The second-order valence-electron chi connectivity index (χ2n) is 8.18. The van der Waals surface area contributed by atoms with Crippen LogP contribution in [0.4, 0.5) is 18.0 Å². The number of carbonyl (C=O) groups excluding carboxylic acids is 2. The van der Waals surface area contributed by atoms with Gasteiger partial charge in [0.25, 0.3) is 5.91 Å². The van der Waals surface area contributed by atoms with Crippen LogP contribution < -0.4 is 5.32 Å². The van der Waals surface area contributed by atoms with E-state index in [2.05, 4.69) is 10.3 Å². The van der Waals surface area contributed by atoms with Gasteiger partial charge in [0.2, 0.25) is 0 Å². The number of rotatable bonds is 8. The third kappa shape index (κ3) is 5.36. The Bertz CT molecular complexity index is 1040. The topological polar surface area (TPSA) is 109 Å². The number of carboxylic acid groups (broad SMARTS) is 1. The number of nitrogens with one attached hydrogen (secondary N) is 1. The molecule has 34 heavy (non-hydrogen) atoms. The molecule has 2 aromatic rings. The van der Waals surface area contributed by atoms with Crippen molar-refractivity contribution in [1.29, 1.82) is 0 Å². The number of hydrogen-bond donors (Lipinski definition) is 2. The standard InChI is InChI=1S/C23H24F3N3O5/c1-23(2)29(21(31)20(25)26)17(11-24)19(34-23)14-5-3-13(4-6-14)15-7-8-16(28-12-15)18(30)9-10-27-22(32)33/h3-8,12,17,19-20,27H,9-11H2,1-2H3,(H,32,33)/t17-,19-/m1/s1. The monoisotopic (exact) mass is 479 g/mol. The molecule has 8 nitrogen and oxygen atoms in total. The van der Waals surface area contributed by atoms with Crippen LogP contribution >= 0.6 is 0 Å². The summed E-state index contributed by atoms with van der Waals surface area (Å²) in [5.41, 5.74) is 0.742. The van der Waals surface area contributed by atoms with Gasteiger partial charge in [-0.2, -0.15) is 8.78 Å². The van der Waals surface area contributed by atoms with Gasteiger partial charge in [-0.15, -0.1) is 0 Å². The van der Waals surface area contributed by atoms with Gasteiger partial charge in [-0.1, -0.05) is 30.3 Å². The molecule has 0 spiro atoms. The van der Waals surface area contributed by atoms with E-state index in [4.69, 9.17) is 9.84 Å². The molecular formula is C23H24F3N3O5. The number of halogens is 3. The molecule has 1 aliphatic rings. The lowest BCUT2D eigenvalue weighted by Crippen LogP contribution is -2.51. The fourth-order valence-corrected chi connectivity index (χ4v) is 3.96. The van der Waals surface area contributed by atoms with Gasteiger partial charge in [0, 0.05) is 24.7 Å². The minimum absolute atomic E-state index is 0.0146. The van der Waals surface area contributed by atoms with Crippen molar-refractivity contribution in [3.63, 3.8) is 0 Å². The van der Waals surface area contributed by atoms with Gasteiger partial charge in [0.15, 0.2) is 5.78 Å². The summed E-state index contributed by atoms with van der Waals surface area (Å²) in [7, 11) is 0. The van der Waals surface area contributed by atoms with Gasteiger partial charge in [-0.05, 0) is 31.0 Å². The number of aromatic nitrogens is 1. The molecule has 3 rings (SSSR count). The minimum Gasteiger partial charge on any atom is -0.465 e. The first-order valence-electron chi connectivity index (χ1n) is 10.5. The van der Waals surface area contributed by atoms with E-state index in [1.165, 1.54) is 26.1 Å². The first-order valence-corrected chi connectivity index (χ1v) is 10.5. The van der Waals surface area contributed by atoms with E-state index in [-0.39, 0.29) is 24.4 Å². The van der Waals surface area contributed by atoms with E-state index in [0.717, 1.165) is 10.5 Å². The number of benzene rings is 1. The summed E-state index contributed by atoms with van der Waals surface area (Å²) in [5.74, 6) is -1.79. The average molecular weight is 479 g/mol. The lowest BCUT2D eigenvalue weighted by Gasteiger charge is -2.32. The molecule has 2 amide bonds. The third-order valence-electron chi connectivity index (χ3n) is 5.51. The molecule has 2 N–H and O–H groups in total. The summed E-state index contributed by atoms with van der Waals surface area (Å²) in [6, 6.07) is 8.77. The maximum absolute atomic E-state index is 13.8. The van der Waals surface area contributed by atoms with Gasteiger partial charge < -0.3 is 20.1 Å². The molecule has 1 saturated heterocycles. The Labute approximate surface area is 193 Å². The number of ketones is 1. The van der Waals surface area contributed by atoms with Gasteiger partial charge in [-0.25, -0.2) is 9.18 Å². The fraction of sp³-hybridized carbons (Fsp3) is 0.391. The summed E-state index contributed by atoms with van der Waals surface area (Å²) in [6.07, 6.45) is -3.93. The van der Waals surface area contributed by atoms with Gasteiger partial charge >= 0.3 is 12.5 Å². The first-order chi connectivity index (χ1) is 16.0. The van der Waals surface area contributed by atoms with Crippen molar-refractivity contribution >= 4 is 17.8 Å². The maximum Gasteiger partial charge on any atom is 0.404 e. The van der Waals surface area contributed by atoms with Crippen molar-refractivity contribution in [3.05, 3.63) is 53.9 Å². The highest BCUT2D eigenvalue weighted by Gasteiger charge is 2.52. The Kier molecular flexibility index (Phi) is 7.55. The summed E-state index contributed by atoms with van der Waals surface area (Å²) < 4.78 is 45.7. The SMILES string of the molecule is CC1(C)O[C@H](c2ccc(-c3ccc(C(=O)CCNC(=O)O)nc3)cc2)[C@@H](CF)N1C(=O)C(F)F. The molecule has 2 atom stereocenters. The van der Waals surface area contributed by atoms with E-state index in [1.807, 2.05) is 0 Å². The van der Waals surface area contributed by atoms with Crippen LogP contribution in [-0.4, -0.2) is 64.2 Å². The zero-order chi connectivity index (χ0) is 25.0. The van der Waals surface area contributed by atoms with Crippen LogP contribution in [0.25, 0.3) is 11.1 Å². The highest BCUT2D eigenvalue weighted by Crippen LogP contribution is 2.42. The summed E-state index contributed by atoms with van der Waals surface area (Å²) in [6.45, 7) is 1.82. The second kappa shape index (κ2) is 10.2. The third-order valence-corrected chi connectivity index (χ3v) is 5.51. The Morgan fingerprint density at radius 3 is 2.32 bits per heavy atom. The molecule has 2 heterocycles. The fourth-order valence-electron chi connectivity index (χ4n) is 3.96. The van der Waals surface area contributed by atoms with Crippen LogP contribution in [0.1, 0.15) is 42.4 Å². The van der Waals surface area contributed by atoms with Crippen molar-refractivity contribution in [2.45, 2.75) is 44.6 Å². The normalized spacial score (nSPS) is 19.3. The van der Waals surface area contributed by atoms with Crippen LogP contribution in [0.15, 0.2) is 42.6 Å². The molecule has 0 aliphatic carbocycles. The summed E-state index contributed by atoms with van der Waals surface area (Å²) >= 11 is 0. The highest BCUT2D eigenvalue weighted by molar-refractivity contribution is 5.94. The highest BCUT2D eigenvalue weighted by atomic mass is 19.3. The minimum atomic E-state index is -3.27. The maximum atomic E-state index is 13.8. The molecule has 1 aliphatic heterocycles. The lowest BCUT2D eigenvalue weighted by atomic mass is 9.99. The quantitative estimate of drug-likeness (QED) is 0.557. The van der Waals surface area contributed by atoms with Crippen molar-refractivity contribution in [1.82, 2.24) is 15.2 Å². The number of ether oxygens (including phenoxy) is 1. The van der Waals surface area contributed by atoms with Crippen LogP contribution in [0, 0.1) is 0 Å². The number of nitrogens with zero attached hydrogens (tertiary/aromatic N) is 2. The number of carbonyl (C=O) groups is 3. The molecular weight excluding hydrogens is 455 g/mol. The number of hydrogen-bond acceptors (Lipinski definition) is 5. The molecule has 0 bridgehead atoms. The smallest absolute Gasteiger partial charge is 0.404 e. The van der Waals surface area contributed by atoms with Gasteiger partial charge in [-0.3, -0.25) is 14.6 Å². The largest absolute Gasteiger partial charge is 0.465 e. The first kappa shape index (κ1) is 25.2. The Morgan fingerprint density at radius 2 is 1.79 bits per heavy atom. The number of amides is 2. The van der Waals surface area contributed by atoms with Crippen molar-refractivity contribution in [3.8, 4) is 11.1 Å². The van der Waals surface area contributed by atoms with Crippen LogP contribution in [0.5, 0.6) is 0 Å². The lowest BCUT2D eigenvalue weighted by molar-refractivity contribution is -0.159. The van der Waals surface area contributed by atoms with E-state index >= 15 is 0 Å². The number of alkyl halides is 3. The molecule has 0 unspecified atom stereocenters. The Hall–Kier alpha value is -3.47. The second-order valence-corrected chi connectivity index (χ2v) is 8.18. The van der Waals surface area contributed by atoms with Crippen LogP contribution in [0.3, 0.4) is 0 Å². The van der Waals surface area contributed by atoms with Crippen molar-refractivity contribution in [2.75, 3.05) is 13.2 Å². The average Bonchev–Trinajstić information content (AvgIpc) is 3.08. The summed E-state index contributed by atoms with van der Waals surface area (Å²) in [4.78, 5) is 39.4. The molecule has 11 heteroatoms. The zero-order valence-corrected chi connectivity index (χ0v) is 18.5. The van der Waals surface area contributed by atoms with Crippen molar-refractivity contribution < 1.29 is 37.4 Å². The summed E-state index contributed by atoms with van der Waals surface area (Å²) in [5, 5.41) is 10.7. The van der Waals surface area contributed by atoms with E-state index in [9.17, 15) is 27.6 Å². The zero-order valence-electron chi connectivity index (χ0n) is 18.5. The predicted octanol–water partition coefficient (Wildman–Crippen LogP) is 3.83. The van der Waals surface area contributed by atoms with E-state index in [1.54, 1.807) is 30.3 Å². The van der Waals surface area contributed by atoms with Gasteiger partial charge in [0.05, 0.1) is 6.04 Å². The number of Topliss-reactive ketones (excluding diaryl/α,β-unsaturated/α-hetero) is 1. The molecule has 0 saturated carbocycles. The Balaban J connectivity index is 1.74. The van der Waals surface area contributed by atoms with E-state index in [0.29, 0.717) is 11.1 Å². The molecule has 182 valence electrons. The van der Waals surface area contributed by atoms with Crippen molar-refractivity contribution in [2.24, 2.45) is 0 Å². The molecule has 1 aromatic heterocycles. The van der Waals surface area contributed by atoms with Gasteiger partial charge in [0.1, 0.15) is 24.2 Å². The predicted molar refractivity (Wildman–Crippen MR) is 115 cm³/mol. The molecule has 1 fully saturated rings.